The molecule has 1 fully saturated rings. The lowest BCUT2D eigenvalue weighted by atomic mass is 10.2. The molecular formula is C18H18N4O2. The Morgan fingerprint density at radius 1 is 1.25 bits per heavy atom. The molecule has 1 N–H and O–H groups in total. The number of carbonyl (C=O) groups is 1. The number of nitrogens with zero attached hydrogens (tertiary/aromatic N) is 3. The highest BCUT2D eigenvalue weighted by atomic mass is 16.3. The van der Waals surface area contributed by atoms with Gasteiger partial charge < -0.3 is 14.6 Å². The largest absolute Gasteiger partial charge is 0.459 e. The molecule has 1 amide bonds. The molecule has 1 unspecified atom stereocenters. The summed E-state index contributed by atoms with van der Waals surface area (Å²) in [4.78, 5) is 23.0. The van der Waals surface area contributed by atoms with Crippen LogP contribution < -0.4 is 10.2 Å². The van der Waals surface area contributed by atoms with E-state index in [1.807, 2.05) is 35.2 Å². The number of hydrogen-bond acceptors (Lipinski definition) is 5. The maximum Gasteiger partial charge on any atom is 0.243 e. The van der Waals surface area contributed by atoms with Crippen molar-refractivity contribution in [1.29, 1.82) is 0 Å². The van der Waals surface area contributed by atoms with E-state index in [4.69, 9.17) is 4.42 Å². The molecule has 0 saturated carbocycles. The number of nitrogens with one attached hydrogen (secondary N) is 1. The van der Waals surface area contributed by atoms with Gasteiger partial charge in [-0.05, 0) is 31.0 Å². The van der Waals surface area contributed by atoms with E-state index in [1.165, 1.54) is 0 Å². The van der Waals surface area contributed by atoms with Crippen molar-refractivity contribution in [3.05, 3.63) is 54.6 Å². The average molecular weight is 322 g/mol. The quantitative estimate of drug-likeness (QED) is 0.799. The molecule has 3 heterocycles. The monoisotopic (exact) mass is 322 g/mol. The summed E-state index contributed by atoms with van der Waals surface area (Å²) in [5.41, 5.74) is 0.835. The first kappa shape index (κ1) is 14.7. The number of fused-ring (bicyclic) bond motifs is 1. The van der Waals surface area contributed by atoms with Crippen LogP contribution in [0, 0.1) is 0 Å². The maximum atomic E-state index is 12.6. The summed E-state index contributed by atoms with van der Waals surface area (Å²) < 4.78 is 5.74. The van der Waals surface area contributed by atoms with Gasteiger partial charge in [-0.25, -0.2) is 9.97 Å². The third-order valence-corrected chi connectivity index (χ3v) is 4.28. The highest BCUT2D eigenvalue weighted by molar-refractivity contribution is 5.85. The Balaban J connectivity index is 1.43. The SMILES string of the molecule is O=C(NCc1cc2ccccc2o1)C1CCCN1c1ncccn1. The lowest BCUT2D eigenvalue weighted by molar-refractivity contribution is -0.122. The van der Waals surface area contributed by atoms with Gasteiger partial charge in [-0.15, -0.1) is 0 Å². The van der Waals surface area contributed by atoms with E-state index in [0.29, 0.717) is 12.5 Å². The smallest absolute Gasteiger partial charge is 0.243 e. The van der Waals surface area contributed by atoms with E-state index >= 15 is 0 Å². The van der Waals surface area contributed by atoms with Crippen LogP contribution in [0.25, 0.3) is 11.0 Å². The van der Waals surface area contributed by atoms with Crippen LogP contribution in [-0.4, -0.2) is 28.5 Å². The zero-order valence-corrected chi connectivity index (χ0v) is 13.2. The predicted octanol–water partition coefficient (Wildman–Crippen LogP) is 2.51. The number of furan rings is 1. The molecule has 1 saturated heterocycles. The molecular weight excluding hydrogens is 304 g/mol. The summed E-state index contributed by atoms with van der Waals surface area (Å²) in [5, 5.41) is 4.02. The van der Waals surface area contributed by atoms with Crippen molar-refractivity contribution in [2.75, 3.05) is 11.4 Å². The molecule has 1 aromatic carbocycles. The van der Waals surface area contributed by atoms with Crippen LogP contribution in [0.2, 0.25) is 0 Å². The number of amides is 1. The first-order chi connectivity index (χ1) is 11.8. The zero-order chi connectivity index (χ0) is 16.4. The molecule has 1 aliphatic heterocycles. The van der Waals surface area contributed by atoms with Crippen molar-refractivity contribution in [1.82, 2.24) is 15.3 Å². The molecule has 2 aromatic heterocycles. The van der Waals surface area contributed by atoms with E-state index < -0.39 is 0 Å². The van der Waals surface area contributed by atoms with Crippen molar-refractivity contribution in [3.8, 4) is 0 Å². The molecule has 1 aliphatic rings. The highest BCUT2D eigenvalue weighted by Crippen LogP contribution is 2.22. The third-order valence-electron chi connectivity index (χ3n) is 4.28. The van der Waals surface area contributed by atoms with Crippen LogP contribution >= 0.6 is 0 Å². The first-order valence-corrected chi connectivity index (χ1v) is 8.10. The minimum Gasteiger partial charge on any atom is -0.459 e. The van der Waals surface area contributed by atoms with Crippen LogP contribution in [0.5, 0.6) is 0 Å². The van der Waals surface area contributed by atoms with Gasteiger partial charge in [-0.1, -0.05) is 18.2 Å². The van der Waals surface area contributed by atoms with Crippen molar-refractivity contribution >= 4 is 22.8 Å². The Hall–Kier alpha value is -2.89. The standard InChI is InChI=1S/C18H18N4O2/c23-17(15-6-3-10-22(15)18-19-8-4-9-20-18)21-12-14-11-13-5-1-2-7-16(13)24-14/h1-2,4-5,7-9,11,15H,3,6,10,12H2,(H,21,23). The number of para-hydroxylation sites is 1. The van der Waals surface area contributed by atoms with E-state index in [1.54, 1.807) is 18.5 Å². The number of hydrogen-bond donors (Lipinski definition) is 1. The lowest BCUT2D eigenvalue weighted by Crippen LogP contribution is -2.43. The van der Waals surface area contributed by atoms with Crippen LogP contribution in [0.15, 0.2) is 53.2 Å². The second-order valence-electron chi connectivity index (χ2n) is 5.87. The van der Waals surface area contributed by atoms with Gasteiger partial charge in [0, 0.05) is 24.3 Å². The Morgan fingerprint density at radius 3 is 2.92 bits per heavy atom. The van der Waals surface area contributed by atoms with E-state index in [9.17, 15) is 4.79 Å². The minimum atomic E-state index is -0.225. The second kappa shape index (κ2) is 6.31. The van der Waals surface area contributed by atoms with Gasteiger partial charge in [0.2, 0.25) is 11.9 Å². The Labute approximate surface area is 139 Å². The molecule has 6 nitrogen and oxygen atoms in total. The predicted molar refractivity (Wildman–Crippen MR) is 90.5 cm³/mol. The molecule has 0 aliphatic carbocycles. The van der Waals surface area contributed by atoms with Crippen LogP contribution in [-0.2, 0) is 11.3 Å². The molecule has 0 radical (unpaired) electrons. The van der Waals surface area contributed by atoms with Gasteiger partial charge in [-0.2, -0.15) is 0 Å². The Kier molecular flexibility index (Phi) is 3.86. The molecule has 24 heavy (non-hydrogen) atoms. The summed E-state index contributed by atoms with van der Waals surface area (Å²) in [6, 6.07) is 11.3. The first-order valence-electron chi connectivity index (χ1n) is 8.10. The molecule has 0 bridgehead atoms. The number of benzene rings is 1. The summed E-state index contributed by atoms with van der Waals surface area (Å²) in [6.45, 7) is 1.18. The van der Waals surface area contributed by atoms with Crippen molar-refractivity contribution in [3.63, 3.8) is 0 Å². The average Bonchev–Trinajstić information content (AvgIpc) is 3.27. The van der Waals surface area contributed by atoms with Gasteiger partial charge in [0.25, 0.3) is 0 Å². The van der Waals surface area contributed by atoms with Crippen LogP contribution in [0.4, 0.5) is 5.95 Å². The fraction of sp³-hybridized carbons (Fsp3) is 0.278. The van der Waals surface area contributed by atoms with Gasteiger partial charge in [0.1, 0.15) is 17.4 Å². The number of anilines is 1. The summed E-state index contributed by atoms with van der Waals surface area (Å²) in [7, 11) is 0. The fourth-order valence-electron chi connectivity index (χ4n) is 3.13. The Bertz CT molecular complexity index is 813. The van der Waals surface area contributed by atoms with Crippen molar-refractivity contribution < 1.29 is 9.21 Å². The van der Waals surface area contributed by atoms with Crippen LogP contribution in [0.3, 0.4) is 0 Å². The fourth-order valence-corrected chi connectivity index (χ4v) is 3.13. The second-order valence-corrected chi connectivity index (χ2v) is 5.87. The van der Waals surface area contributed by atoms with Crippen molar-refractivity contribution in [2.45, 2.75) is 25.4 Å². The molecule has 1 atom stereocenters. The molecule has 0 spiro atoms. The minimum absolute atomic E-state index is 0.0135. The van der Waals surface area contributed by atoms with Gasteiger partial charge in [-0.3, -0.25) is 4.79 Å². The Morgan fingerprint density at radius 2 is 2.08 bits per heavy atom. The summed E-state index contributed by atoms with van der Waals surface area (Å²) >= 11 is 0. The topological polar surface area (TPSA) is 71.3 Å². The van der Waals surface area contributed by atoms with Gasteiger partial charge >= 0.3 is 0 Å². The molecule has 6 heteroatoms. The third kappa shape index (κ3) is 2.82. The highest BCUT2D eigenvalue weighted by Gasteiger charge is 2.32. The van der Waals surface area contributed by atoms with Crippen LogP contribution in [0.1, 0.15) is 18.6 Å². The van der Waals surface area contributed by atoms with E-state index in [0.717, 1.165) is 36.1 Å². The number of carbonyl (C=O) groups excluding carboxylic acids is 1. The molecule has 122 valence electrons. The maximum absolute atomic E-state index is 12.6. The zero-order valence-electron chi connectivity index (χ0n) is 13.2. The molecule has 4 rings (SSSR count). The van der Waals surface area contributed by atoms with Gasteiger partial charge in [0.15, 0.2) is 0 Å². The summed E-state index contributed by atoms with van der Waals surface area (Å²) in [5.74, 6) is 1.35. The molecule has 3 aromatic rings. The van der Waals surface area contributed by atoms with Crippen molar-refractivity contribution in [2.24, 2.45) is 0 Å². The summed E-state index contributed by atoms with van der Waals surface area (Å²) in [6.07, 6.45) is 5.17. The number of aromatic nitrogens is 2. The number of rotatable bonds is 4. The van der Waals surface area contributed by atoms with E-state index in [2.05, 4.69) is 15.3 Å². The normalized spacial score (nSPS) is 17.3. The van der Waals surface area contributed by atoms with E-state index in [-0.39, 0.29) is 11.9 Å². The lowest BCUT2D eigenvalue weighted by Gasteiger charge is -2.23. The van der Waals surface area contributed by atoms with Gasteiger partial charge in [0.05, 0.1) is 6.54 Å².